The van der Waals surface area contributed by atoms with Crippen molar-refractivity contribution in [2.24, 2.45) is 17.6 Å². The topological polar surface area (TPSA) is 78.7 Å². The Morgan fingerprint density at radius 2 is 1.68 bits per heavy atom. The van der Waals surface area contributed by atoms with Crippen LogP contribution in [-0.2, 0) is 9.59 Å². The van der Waals surface area contributed by atoms with E-state index >= 15 is 0 Å². The van der Waals surface area contributed by atoms with E-state index in [2.05, 4.69) is 31.0 Å². The maximum Gasteiger partial charge on any atom is 0.239 e. The van der Waals surface area contributed by atoms with Gasteiger partial charge in [-0.25, -0.2) is 0 Å². The van der Waals surface area contributed by atoms with Crippen LogP contribution in [0.1, 0.15) is 52.9 Å². The van der Waals surface area contributed by atoms with Crippen molar-refractivity contribution in [3.05, 3.63) is 0 Å². The Labute approximate surface area is 152 Å². The number of nitrogens with two attached hydrogens (primary N) is 1. The molecule has 0 spiro atoms. The minimum atomic E-state index is -0.399. The number of hydrogen-bond donors (Lipinski definition) is 2. The molecule has 1 saturated heterocycles. The lowest BCUT2D eigenvalue weighted by molar-refractivity contribution is -0.135. The zero-order chi connectivity index (χ0) is 18.4. The minimum Gasteiger partial charge on any atom is -0.352 e. The van der Waals surface area contributed by atoms with Crippen LogP contribution >= 0.6 is 0 Å². The molecule has 2 fully saturated rings. The molecular formula is C19H36N4O2. The van der Waals surface area contributed by atoms with Gasteiger partial charge in [-0.3, -0.25) is 14.5 Å². The molecule has 1 atom stereocenters. The van der Waals surface area contributed by atoms with E-state index < -0.39 is 6.04 Å². The van der Waals surface area contributed by atoms with Gasteiger partial charge in [0.15, 0.2) is 0 Å². The summed E-state index contributed by atoms with van der Waals surface area (Å²) in [6.45, 7) is 9.70. The summed E-state index contributed by atoms with van der Waals surface area (Å²) in [5.74, 6) is 1.39. The smallest absolute Gasteiger partial charge is 0.239 e. The van der Waals surface area contributed by atoms with Crippen LogP contribution in [0, 0.1) is 11.8 Å². The van der Waals surface area contributed by atoms with Crippen molar-refractivity contribution in [3.63, 3.8) is 0 Å². The van der Waals surface area contributed by atoms with Crippen LogP contribution in [0.15, 0.2) is 0 Å². The fraction of sp³-hybridized carbons (Fsp3) is 0.895. The monoisotopic (exact) mass is 352 g/mol. The van der Waals surface area contributed by atoms with Crippen LogP contribution in [0.3, 0.4) is 0 Å². The summed E-state index contributed by atoms with van der Waals surface area (Å²) in [6, 6.07) is -0.0517. The molecule has 25 heavy (non-hydrogen) atoms. The normalized spacial score (nSPS) is 26.5. The van der Waals surface area contributed by atoms with E-state index in [1.165, 1.54) is 12.8 Å². The third-order valence-electron chi connectivity index (χ3n) is 5.47. The lowest BCUT2D eigenvalue weighted by Gasteiger charge is -2.36. The van der Waals surface area contributed by atoms with Crippen LogP contribution in [0.25, 0.3) is 0 Å². The molecule has 0 aromatic carbocycles. The Morgan fingerprint density at radius 3 is 2.24 bits per heavy atom. The molecule has 6 heteroatoms. The summed E-state index contributed by atoms with van der Waals surface area (Å²) in [7, 11) is 0. The zero-order valence-electron chi connectivity index (χ0n) is 16.2. The quantitative estimate of drug-likeness (QED) is 0.753. The van der Waals surface area contributed by atoms with Gasteiger partial charge in [0.1, 0.15) is 0 Å². The van der Waals surface area contributed by atoms with Crippen LogP contribution in [-0.4, -0.2) is 66.4 Å². The van der Waals surface area contributed by atoms with Gasteiger partial charge in [0.25, 0.3) is 0 Å². The highest BCUT2D eigenvalue weighted by Crippen LogP contribution is 2.23. The molecule has 2 amide bonds. The molecule has 0 unspecified atom stereocenters. The Morgan fingerprint density at radius 1 is 1.08 bits per heavy atom. The van der Waals surface area contributed by atoms with Gasteiger partial charge in [0.05, 0.1) is 12.6 Å². The van der Waals surface area contributed by atoms with E-state index in [0.29, 0.717) is 31.6 Å². The standard InChI is InChI=1S/C19H36N4O2/c1-14(2)12-17(20)19(25)23-10-8-22(9-11-23)13-18(24)21-16-6-4-15(3)5-7-16/h14-17H,4-13,20H2,1-3H3,(H,21,24)/t15?,16?,17-/m0/s1. The van der Waals surface area contributed by atoms with E-state index in [0.717, 1.165) is 38.3 Å². The number of carbonyl (C=O) groups is 2. The first-order valence-corrected chi connectivity index (χ1v) is 9.91. The van der Waals surface area contributed by atoms with Gasteiger partial charge in [-0.05, 0) is 43.9 Å². The molecule has 0 bridgehead atoms. The van der Waals surface area contributed by atoms with Gasteiger partial charge in [-0.15, -0.1) is 0 Å². The molecule has 0 radical (unpaired) electrons. The average molecular weight is 353 g/mol. The lowest BCUT2D eigenvalue weighted by Crippen LogP contribution is -2.55. The second-order valence-corrected chi connectivity index (χ2v) is 8.36. The van der Waals surface area contributed by atoms with Gasteiger partial charge in [-0.1, -0.05) is 20.8 Å². The van der Waals surface area contributed by atoms with Gasteiger partial charge in [0, 0.05) is 32.2 Å². The molecule has 1 aliphatic carbocycles. The largest absolute Gasteiger partial charge is 0.352 e. The molecule has 1 saturated carbocycles. The zero-order valence-corrected chi connectivity index (χ0v) is 16.2. The maximum atomic E-state index is 12.4. The Hall–Kier alpha value is -1.14. The molecule has 144 valence electrons. The highest BCUT2D eigenvalue weighted by molar-refractivity contribution is 5.82. The lowest BCUT2D eigenvalue weighted by atomic mass is 9.87. The predicted octanol–water partition coefficient (Wildman–Crippen LogP) is 1.20. The Kier molecular flexibility index (Phi) is 7.69. The predicted molar refractivity (Wildman–Crippen MR) is 100 cm³/mol. The molecular weight excluding hydrogens is 316 g/mol. The van der Waals surface area contributed by atoms with E-state index in [1.54, 1.807) is 0 Å². The first-order chi connectivity index (χ1) is 11.8. The molecule has 1 heterocycles. The number of carbonyl (C=O) groups excluding carboxylic acids is 2. The second kappa shape index (κ2) is 9.53. The fourth-order valence-electron chi connectivity index (χ4n) is 3.85. The third-order valence-corrected chi connectivity index (χ3v) is 5.47. The van der Waals surface area contributed by atoms with Gasteiger partial charge >= 0.3 is 0 Å². The van der Waals surface area contributed by atoms with E-state index in [1.807, 2.05) is 4.90 Å². The number of nitrogens with zero attached hydrogens (tertiary/aromatic N) is 2. The molecule has 1 aliphatic heterocycles. The van der Waals surface area contributed by atoms with E-state index in [4.69, 9.17) is 5.73 Å². The summed E-state index contributed by atoms with van der Waals surface area (Å²) in [4.78, 5) is 28.6. The number of rotatable bonds is 6. The molecule has 0 aromatic rings. The van der Waals surface area contributed by atoms with Crippen molar-refractivity contribution >= 4 is 11.8 Å². The van der Waals surface area contributed by atoms with Gasteiger partial charge < -0.3 is 16.0 Å². The van der Waals surface area contributed by atoms with Crippen molar-refractivity contribution in [2.45, 2.75) is 65.0 Å². The molecule has 0 aromatic heterocycles. The molecule has 6 nitrogen and oxygen atoms in total. The summed E-state index contributed by atoms with van der Waals surface area (Å²) >= 11 is 0. The number of hydrogen-bond acceptors (Lipinski definition) is 4. The first-order valence-electron chi connectivity index (χ1n) is 9.91. The van der Waals surface area contributed by atoms with Crippen molar-refractivity contribution in [1.29, 1.82) is 0 Å². The average Bonchev–Trinajstić information content (AvgIpc) is 2.56. The highest BCUT2D eigenvalue weighted by atomic mass is 16.2. The summed E-state index contributed by atoms with van der Waals surface area (Å²) in [6.07, 6.45) is 5.35. The van der Waals surface area contributed by atoms with Crippen molar-refractivity contribution in [2.75, 3.05) is 32.7 Å². The SMILES string of the molecule is CC(C)C[C@H](N)C(=O)N1CCN(CC(=O)NC2CCC(C)CC2)CC1. The Balaban J connectivity index is 1.67. The van der Waals surface area contributed by atoms with Crippen LogP contribution in [0.5, 0.6) is 0 Å². The highest BCUT2D eigenvalue weighted by Gasteiger charge is 2.27. The van der Waals surface area contributed by atoms with E-state index in [-0.39, 0.29) is 11.8 Å². The number of nitrogens with one attached hydrogen (secondary N) is 1. The minimum absolute atomic E-state index is 0.0501. The maximum absolute atomic E-state index is 12.4. The first kappa shape index (κ1) is 20.2. The van der Waals surface area contributed by atoms with Crippen molar-refractivity contribution in [1.82, 2.24) is 15.1 Å². The van der Waals surface area contributed by atoms with Gasteiger partial charge in [0.2, 0.25) is 11.8 Å². The summed E-state index contributed by atoms with van der Waals surface area (Å²) < 4.78 is 0. The summed E-state index contributed by atoms with van der Waals surface area (Å²) in [5.41, 5.74) is 6.01. The van der Waals surface area contributed by atoms with Crippen LogP contribution in [0.2, 0.25) is 0 Å². The van der Waals surface area contributed by atoms with Gasteiger partial charge in [-0.2, -0.15) is 0 Å². The fourth-order valence-corrected chi connectivity index (χ4v) is 3.85. The summed E-state index contributed by atoms with van der Waals surface area (Å²) in [5, 5.41) is 3.18. The van der Waals surface area contributed by atoms with Crippen LogP contribution < -0.4 is 11.1 Å². The molecule has 2 aliphatic rings. The Bertz CT molecular complexity index is 439. The van der Waals surface area contributed by atoms with Crippen LogP contribution in [0.4, 0.5) is 0 Å². The number of amides is 2. The van der Waals surface area contributed by atoms with Crippen molar-refractivity contribution < 1.29 is 9.59 Å². The third kappa shape index (κ3) is 6.59. The van der Waals surface area contributed by atoms with E-state index in [9.17, 15) is 9.59 Å². The second-order valence-electron chi connectivity index (χ2n) is 8.36. The number of piperazine rings is 1. The molecule has 2 rings (SSSR count). The van der Waals surface area contributed by atoms with Crippen molar-refractivity contribution in [3.8, 4) is 0 Å². The molecule has 3 N–H and O–H groups in total.